The normalized spacial score (nSPS) is 11.3. The summed E-state index contributed by atoms with van der Waals surface area (Å²) in [4.78, 5) is 1.000. The molecule has 1 aromatic carbocycles. The van der Waals surface area contributed by atoms with Gasteiger partial charge < -0.3 is 9.88 Å². The summed E-state index contributed by atoms with van der Waals surface area (Å²) < 4.78 is 1.96. The first-order valence-electron chi connectivity index (χ1n) is 7.00. The first-order valence-corrected chi connectivity index (χ1v) is 8.19. The smallest absolute Gasteiger partial charge is 0.195 e. The molecule has 2 aromatic rings. The molecule has 1 N–H and O–H groups in total. The van der Waals surface area contributed by atoms with Crippen LogP contribution in [0.5, 0.6) is 0 Å². The highest BCUT2D eigenvalue weighted by molar-refractivity contribution is 7.99. The first kappa shape index (κ1) is 16.3. The Morgan fingerprint density at radius 2 is 2.10 bits per heavy atom. The Hall–Kier alpha value is -1.04. The summed E-state index contributed by atoms with van der Waals surface area (Å²) in [5, 5.41) is 13.2. The Kier molecular flexibility index (Phi) is 5.67. The van der Waals surface area contributed by atoms with Crippen LogP contribution in [0.15, 0.2) is 28.3 Å². The van der Waals surface area contributed by atoms with E-state index in [-0.39, 0.29) is 0 Å². The second-order valence-electron chi connectivity index (χ2n) is 5.48. The molecular formula is C15H21ClN4S. The van der Waals surface area contributed by atoms with Crippen molar-refractivity contribution in [1.29, 1.82) is 0 Å². The van der Waals surface area contributed by atoms with Crippen LogP contribution >= 0.6 is 23.4 Å². The molecule has 1 aromatic heterocycles. The van der Waals surface area contributed by atoms with Gasteiger partial charge in [-0.25, -0.2) is 0 Å². The highest BCUT2D eigenvalue weighted by atomic mass is 35.5. The highest BCUT2D eigenvalue weighted by Gasteiger charge is 2.10. The number of hydrogen-bond donors (Lipinski definition) is 1. The summed E-state index contributed by atoms with van der Waals surface area (Å²) in [6.07, 6.45) is 0. The third-order valence-corrected chi connectivity index (χ3v) is 4.67. The minimum atomic E-state index is 0.648. The van der Waals surface area contributed by atoms with Crippen molar-refractivity contribution < 1.29 is 0 Å². The second-order valence-corrected chi connectivity index (χ2v) is 6.90. The maximum absolute atomic E-state index is 6.37. The van der Waals surface area contributed by atoms with Crippen LogP contribution in [0.3, 0.4) is 0 Å². The molecule has 0 radical (unpaired) electrons. The number of aromatic nitrogens is 3. The van der Waals surface area contributed by atoms with Gasteiger partial charge in [-0.2, -0.15) is 0 Å². The zero-order valence-electron chi connectivity index (χ0n) is 12.9. The quantitative estimate of drug-likeness (QED) is 0.880. The monoisotopic (exact) mass is 324 g/mol. The fourth-order valence-corrected chi connectivity index (χ4v) is 2.98. The van der Waals surface area contributed by atoms with Crippen molar-refractivity contribution in [1.82, 2.24) is 20.1 Å². The van der Waals surface area contributed by atoms with Crippen LogP contribution in [0.4, 0.5) is 0 Å². The molecule has 114 valence electrons. The van der Waals surface area contributed by atoms with Crippen molar-refractivity contribution in [3.63, 3.8) is 0 Å². The number of hydrogen-bond acceptors (Lipinski definition) is 4. The van der Waals surface area contributed by atoms with Crippen molar-refractivity contribution in [2.45, 2.75) is 37.4 Å². The van der Waals surface area contributed by atoms with Gasteiger partial charge in [0.25, 0.3) is 0 Å². The lowest BCUT2D eigenvalue weighted by Gasteiger charge is -2.09. The lowest BCUT2D eigenvalue weighted by atomic mass is 10.2. The molecule has 6 heteroatoms. The molecule has 0 saturated heterocycles. The minimum Gasteiger partial charge on any atom is -0.312 e. The molecule has 2 rings (SSSR count). The molecule has 0 spiro atoms. The van der Waals surface area contributed by atoms with Crippen molar-refractivity contribution in [2.24, 2.45) is 13.0 Å². The predicted octanol–water partition coefficient (Wildman–Crippen LogP) is 3.67. The Labute approximate surface area is 135 Å². The lowest BCUT2D eigenvalue weighted by molar-refractivity contribution is 0.552. The van der Waals surface area contributed by atoms with Crippen LogP contribution in [-0.2, 0) is 13.6 Å². The number of rotatable bonds is 6. The fraction of sp³-hybridized carbons (Fsp3) is 0.467. The molecule has 4 nitrogen and oxygen atoms in total. The zero-order chi connectivity index (χ0) is 15.4. The Balaban J connectivity index is 2.03. The van der Waals surface area contributed by atoms with Crippen molar-refractivity contribution in [2.75, 3.05) is 6.54 Å². The molecule has 0 amide bonds. The SMILES string of the molecule is Cc1nnc(Sc2ccc(CNCC(C)C)cc2Cl)n1C. The standard InChI is InChI=1S/C15H21ClN4S/c1-10(2)8-17-9-12-5-6-14(13(16)7-12)21-15-19-18-11(3)20(15)4/h5-7,10,17H,8-9H2,1-4H3. The molecule has 0 aliphatic rings. The molecule has 1 heterocycles. The van der Waals surface area contributed by atoms with Gasteiger partial charge in [0.05, 0.1) is 5.02 Å². The molecule has 0 aliphatic carbocycles. The van der Waals surface area contributed by atoms with Crippen LogP contribution in [0, 0.1) is 12.8 Å². The van der Waals surface area contributed by atoms with Gasteiger partial charge in [-0.1, -0.05) is 31.5 Å². The van der Waals surface area contributed by atoms with E-state index in [2.05, 4.69) is 35.4 Å². The maximum atomic E-state index is 6.37. The molecular weight excluding hydrogens is 304 g/mol. The molecule has 0 bridgehead atoms. The summed E-state index contributed by atoms with van der Waals surface area (Å²) in [6, 6.07) is 6.16. The minimum absolute atomic E-state index is 0.648. The van der Waals surface area contributed by atoms with Crippen LogP contribution in [-0.4, -0.2) is 21.3 Å². The van der Waals surface area contributed by atoms with Gasteiger partial charge in [0, 0.05) is 18.5 Å². The van der Waals surface area contributed by atoms with E-state index in [0.29, 0.717) is 5.92 Å². The predicted molar refractivity (Wildman–Crippen MR) is 87.9 cm³/mol. The van der Waals surface area contributed by atoms with E-state index in [1.807, 2.05) is 30.7 Å². The van der Waals surface area contributed by atoms with E-state index in [0.717, 1.165) is 34.0 Å². The Morgan fingerprint density at radius 3 is 2.67 bits per heavy atom. The van der Waals surface area contributed by atoms with Crippen LogP contribution in [0.25, 0.3) is 0 Å². The van der Waals surface area contributed by atoms with Crippen molar-refractivity contribution in [3.8, 4) is 0 Å². The highest BCUT2D eigenvalue weighted by Crippen LogP contribution is 2.32. The summed E-state index contributed by atoms with van der Waals surface area (Å²) in [5.74, 6) is 1.54. The van der Waals surface area contributed by atoms with Gasteiger partial charge in [-0.15, -0.1) is 10.2 Å². The van der Waals surface area contributed by atoms with Crippen LogP contribution < -0.4 is 5.32 Å². The number of nitrogens with one attached hydrogen (secondary N) is 1. The number of benzene rings is 1. The average molecular weight is 325 g/mol. The molecule has 0 atom stereocenters. The zero-order valence-corrected chi connectivity index (χ0v) is 14.4. The lowest BCUT2D eigenvalue weighted by Crippen LogP contribution is -2.18. The van der Waals surface area contributed by atoms with Gasteiger partial charge in [0.1, 0.15) is 5.82 Å². The third-order valence-electron chi connectivity index (χ3n) is 3.13. The van der Waals surface area contributed by atoms with Gasteiger partial charge in [0.2, 0.25) is 0 Å². The maximum Gasteiger partial charge on any atom is 0.195 e. The first-order chi connectivity index (χ1) is 9.97. The average Bonchev–Trinajstić information content (AvgIpc) is 2.73. The van der Waals surface area contributed by atoms with Crippen LogP contribution in [0.2, 0.25) is 5.02 Å². The fourth-order valence-electron chi connectivity index (χ4n) is 1.82. The van der Waals surface area contributed by atoms with E-state index >= 15 is 0 Å². The van der Waals surface area contributed by atoms with Crippen molar-refractivity contribution in [3.05, 3.63) is 34.6 Å². The summed E-state index contributed by atoms with van der Waals surface area (Å²) in [7, 11) is 1.95. The molecule has 0 saturated carbocycles. The summed E-state index contributed by atoms with van der Waals surface area (Å²) in [6.45, 7) is 8.17. The van der Waals surface area contributed by atoms with E-state index in [4.69, 9.17) is 11.6 Å². The summed E-state index contributed by atoms with van der Waals surface area (Å²) in [5.41, 5.74) is 1.19. The largest absolute Gasteiger partial charge is 0.312 e. The second kappa shape index (κ2) is 7.29. The number of aryl methyl sites for hydroxylation is 1. The molecule has 0 fully saturated rings. The number of halogens is 1. The van der Waals surface area contributed by atoms with Gasteiger partial charge in [-0.3, -0.25) is 0 Å². The Bertz CT molecular complexity index is 610. The van der Waals surface area contributed by atoms with Gasteiger partial charge >= 0.3 is 0 Å². The topological polar surface area (TPSA) is 42.7 Å². The van der Waals surface area contributed by atoms with E-state index < -0.39 is 0 Å². The molecule has 0 aliphatic heterocycles. The molecule has 0 unspecified atom stereocenters. The number of nitrogens with zero attached hydrogens (tertiary/aromatic N) is 3. The Morgan fingerprint density at radius 1 is 1.33 bits per heavy atom. The summed E-state index contributed by atoms with van der Waals surface area (Å²) >= 11 is 7.91. The van der Waals surface area contributed by atoms with E-state index in [1.165, 1.54) is 17.3 Å². The molecule has 21 heavy (non-hydrogen) atoms. The van der Waals surface area contributed by atoms with Crippen LogP contribution in [0.1, 0.15) is 25.2 Å². The van der Waals surface area contributed by atoms with Gasteiger partial charge in [0.15, 0.2) is 5.16 Å². The van der Waals surface area contributed by atoms with E-state index in [9.17, 15) is 0 Å². The third kappa shape index (κ3) is 4.46. The van der Waals surface area contributed by atoms with Gasteiger partial charge in [-0.05, 0) is 48.8 Å². The van der Waals surface area contributed by atoms with E-state index in [1.54, 1.807) is 0 Å². The van der Waals surface area contributed by atoms with Crippen molar-refractivity contribution >= 4 is 23.4 Å².